The number of aliphatic hydroxyl groups excluding tert-OH is 1. The van der Waals surface area contributed by atoms with E-state index < -0.39 is 20.7 Å². The fraction of sp³-hybridized carbons (Fsp3) is 0.143. The molecule has 0 saturated carbocycles. The van der Waals surface area contributed by atoms with Crippen molar-refractivity contribution in [1.82, 2.24) is 4.72 Å². The van der Waals surface area contributed by atoms with Gasteiger partial charge in [0.05, 0.1) is 6.61 Å². The number of rotatable bonds is 5. The zero-order valence-corrected chi connectivity index (χ0v) is 12.5. The van der Waals surface area contributed by atoms with Crippen molar-refractivity contribution in [2.75, 3.05) is 0 Å². The number of halogens is 2. The molecular weight excluding hydrogens is 317 g/mol. The van der Waals surface area contributed by atoms with E-state index in [1.165, 1.54) is 6.07 Å². The number of benzene rings is 2. The molecule has 7 heteroatoms. The monoisotopic (exact) mass is 329 g/mol. The van der Waals surface area contributed by atoms with Gasteiger partial charge in [-0.1, -0.05) is 35.9 Å². The second kappa shape index (κ2) is 6.53. The van der Waals surface area contributed by atoms with Gasteiger partial charge in [-0.15, -0.1) is 0 Å². The minimum absolute atomic E-state index is 0.0385. The molecule has 2 N–H and O–H groups in total. The van der Waals surface area contributed by atoms with E-state index in [2.05, 4.69) is 4.72 Å². The van der Waals surface area contributed by atoms with Crippen molar-refractivity contribution in [1.29, 1.82) is 0 Å². The first-order valence-electron chi connectivity index (χ1n) is 6.06. The Labute approximate surface area is 127 Å². The van der Waals surface area contributed by atoms with Gasteiger partial charge in [0.1, 0.15) is 10.7 Å². The molecular formula is C14H13ClFNO3S. The number of aliphatic hydroxyl groups is 1. The smallest absolute Gasteiger partial charge is 0.243 e. The van der Waals surface area contributed by atoms with E-state index >= 15 is 0 Å². The average molecular weight is 330 g/mol. The highest BCUT2D eigenvalue weighted by molar-refractivity contribution is 7.89. The van der Waals surface area contributed by atoms with E-state index in [1.54, 1.807) is 24.3 Å². The Kier molecular flexibility index (Phi) is 4.95. The van der Waals surface area contributed by atoms with E-state index in [1.807, 2.05) is 0 Å². The Hall–Kier alpha value is -1.47. The van der Waals surface area contributed by atoms with Crippen LogP contribution in [0.5, 0.6) is 0 Å². The molecule has 0 heterocycles. The second-order valence-corrected chi connectivity index (χ2v) is 6.48. The second-order valence-electron chi connectivity index (χ2n) is 4.34. The van der Waals surface area contributed by atoms with Crippen molar-refractivity contribution in [3.8, 4) is 0 Å². The van der Waals surface area contributed by atoms with Gasteiger partial charge in [0.2, 0.25) is 10.0 Å². The van der Waals surface area contributed by atoms with Gasteiger partial charge >= 0.3 is 0 Å². The van der Waals surface area contributed by atoms with Crippen molar-refractivity contribution >= 4 is 21.6 Å². The molecule has 112 valence electrons. The molecule has 0 bridgehead atoms. The van der Waals surface area contributed by atoms with Crippen molar-refractivity contribution in [2.24, 2.45) is 0 Å². The van der Waals surface area contributed by atoms with Gasteiger partial charge in [0, 0.05) is 11.6 Å². The fourth-order valence-electron chi connectivity index (χ4n) is 1.75. The summed E-state index contributed by atoms with van der Waals surface area (Å²) in [5.41, 5.74) is 0.896. The van der Waals surface area contributed by atoms with Crippen LogP contribution in [0.15, 0.2) is 47.4 Å². The third-order valence-corrected chi connectivity index (χ3v) is 4.68. The molecule has 0 saturated heterocycles. The van der Waals surface area contributed by atoms with Gasteiger partial charge in [0.15, 0.2) is 0 Å². The predicted octanol–water partition coefficient (Wildman–Crippen LogP) is 2.45. The van der Waals surface area contributed by atoms with Crippen LogP contribution in [0.4, 0.5) is 4.39 Å². The number of hydrogen-bond donors (Lipinski definition) is 2. The Morgan fingerprint density at radius 3 is 2.52 bits per heavy atom. The normalized spacial score (nSPS) is 11.6. The molecule has 21 heavy (non-hydrogen) atoms. The minimum Gasteiger partial charge on any atom is -0.392 e. The van der Waals surface area contributed by atoms with Crippen LogP contribution in [-0.4, -0.2) is 13.5 Å². The molecule has 0 aromatic heterocycles. The van der Waals surface area contributed by atoms with Crippen LogP contribution in [-0.2, 0) is 23.2 Å². The highest BCUT2D eigenvalue weighted by Gasteiger charge is 2.19. The lowest BCUT2D eigenvalue weighted by Crippen LogP contribution is -2.24. The lowest BCUT2D eigenvalue weighted by atomic mass is 10.2. The predicted molar refractivity (Wildman–Crippen MR) is 77.8 cm³/mol. The number of sulfonamides is 1. The first kappa shape index (κ1) is 15.9. The minimum atomic E-state index is -4.00. The summed E-state index contributed by atoms with van der Waals surface area (Å²) >= 11 is 5.93. The molecule has 0 amide bonds. The van der Waals surface area contributed by atoms with Gasteiger partial charge in [-0.05, 0) is 29.3 Å². The summed E-state index contributed by atoms with van der Waals surface area (Å²) < 4.78 is 40.2. The standard InChI is InChI=1S/C14H13ClFNO3S/c15-12-4-2-1-3-11(12)8-17-21(19,20)14-6-5-10(9-18)7-13(14)16/h1-7,17-18H,8-9H2. The Morgan fingerprint density at radius 1 is 1.19 bits per heavy atom. The quantitative estimate of drug-likeness (QED) is 0.885. The van der Waals surface area contributed by atoms with Gasteiger partial charge in [-0.2, -0.15) is 0 Å². The molecule has 4 nitrogen and oxygen atoms in total. The maximum atomic E-state index is 13.8. The number of hydrogen-bond acceptors (Lipinski definition) is 3. The first-order chi connectivity index (χ1) is 9.94. The average Bonchev–Trinajstić information content (AvgIpc) is 2.46. The van der Waals surface area contributed by atoms with E-state index in [0.717, 1.165) is 12.1 Å². The summed E-state index contributed by atoms with van der Waals surface area (Å²) in [5.74, 6) is -0.909. The lowest BCUT2D eigenvalue weighted by molar-refractivity contribution is 0.281. The van der Waals surface area contributed by atoms with Crippen LogP contribution in [0.2, 0.25) is 5.02 Å². The maximum Gasteiger partial charge on any atom is 0.243 e. The summed E-state index contributed by atoms with van der Waals surface area (Å²) in [5, 5.41) is 9.32. The summed E-state index contributed by atoms with van der Waals surface area (Å²) in [7, 11) is -4.00. The fourth-order valence-corrected chi connectivity index (χ4v) is 3.02. The molecule has 0 aliphatic carbocycles. The van der Waals surface area contributed by atoms with Gasteiger partial charge in [-0.25, -0.2) is 17.5 Å². The molecule has 0 aliphatic heterocycles. The van der Waals surface area contributed by atoms with Gasteiger partial charge in [0.25, 0.3) is 0 Å². The van der Waals surface area contributed by atoms with Crippen LogP contribution < -0.4 is 4.72 Å². The van der Waals surface area contributed by atoms with Crippen molar-refractivity contribution in [3.05, 3.63) is 64.4 Å². The van der Waals surface area contributed by atoms with E-state index in [-0.39, 0.29) is 13.2 Å². The topological polar surface area (TPSA) is 66.4 Å². The van der Waals surface area contributed by atoms with Gasteiger partial charge < -0.3 is 5.11 Å². The van der Waals surface area contributed by atoms with E-state index in [4.69, 9.17) is 16.7 Å². The van der Waals surface area contributed by atoms with Crippen molar-refractivity contribution < 1.29 is 17.9 Å². The molecule has 2 aromatic carbocycles. The molecule has 0 unspecified atom stereocenters. The Morgan fingerprint density at radius 2 is 1.90 bits per heavy atom. The van der Waals surface area contributed by atoms with Crippen LogP contribution in [0, 0.1) is 5.82 Å². The zero-order valence-electron chi connectivity index (χ0n) is 10.9. The highest BCUT2D eigenvalue weighted by Crippen LogP contribution is 2.18. The van der Waals surface area contributed by atoms with E-state index in [0.29, 0.717) is 16.1 Å². The molecule has 2 aromatic rings. The highest BCUT2D eigenvalue weighted by atomic mass is 35.5. The van der Waals surface area contributed by atoms with Crippen molar-refractivity contribution in [2.45, 2.75) is 18.0 Å². The SMILES string of the molecule is O=S(=O)(NCc1ccccc1Cl)c1ccc(CO)cc1F. The number of nitrogens with one attached hydrogen (secondary N) is 1. The summed E-state index contributed by atoms with van der Waals surface area (Å²) in [4.78, 5) is -0.466. The molecule has 2 rings (SSSR count). The third kappa shape index (κ3) is 3.79. The van der Waals surface area contributed by atoms with Crippen LogP contribution >= 0.6 is 11.6 Å². The zero-order chi connectivity index (χ0) is 15.5. The molecule has 0 spiro atoms. The first-order valence-corrected chi connectivity index (χ1v) is 7.92. The summed E-state index contributed by atoms with van der Waals surface area (Å²) in [6.07, 6.45) is 0. The molecule has 0 fully saturated rings. The Bertz CT molecular complexity index is 750. The van der Waals surface area contributed by atoms with Crippen LogP contribution in [0.25, 0.3) is 0 Å². The van der Waals surface area contributed by atoms with Gasteiger partial charge in [-0.3, -0.25) is 0 Å². The maximum absolute atomic E-state index is 13.8. The summed E-state index contributed by atoms with van der Waals surface area (Å²) in [6, 6.07) is 10.2. The molecule has 0 aliphatic rings. The van der Waals surface area contributed by atoms with Crippen LogP contribution in [0.3, 0.4) is 0 Å². The third-order valence-electron chi connectivity index (χ3n) is 2.88. The summed E-state index contributed by atoms with van der Waals surface area (Å²) in [6.45, 7) is -0.395. The molecule has 0 atom stereocenters. The van der Waals surface area contributed by atoms with Crippen LogP contribution in [0.1, 0.15) is 11.1 Å². The van der Waals surface area contributed by atoms with Crippen molar-refractivity contribution in [3.63, 3.8) is 0 Å². The Balaban J connectivity index is 2.21. The largest absolute Gasteiger partial charge is 0.392 e. The lowest BCUT2D eigenvalue weighted by Gasteiger charge is -2.09. The van der Waals surface area contributed by atoms with E-state index in [9.17, 15) is 12.8 Å². The molecule has 0 radical (unpaired) electrons.